The summed E-state index contributed by atoms with van der Waals surface area (Å²) in [4.78, 5) is 28.3. The minimum Gasteiger partial charge on any atom is -0.545 e. The number of aromatic nitrogens is 2. The van der Waals surface area contributed by atoms with Gasteiger partial charge in [-0.05, 0) is 12.1 Å². The van der Waals surface area contributed by atoms with Crippen molar-refractivity contribution in [3.63, 3.8) is 0 Å². The normalized spacial score (nSPS) is 9.57. The van der Waals surface area contributed by atoms with E-state index in [0.717, 1.165) is 6.07 Å². The van der Waals surface area contributed by atoms with E-state index in [1.807, 2.05) is 0 Å². The molecule has 21 heavy (non-hydrogen) atoms. The van der Waals surface area contributed by atoms with Gasteiger partial charge in [0, 0.05) is 0 Å². The third-order valence-corrected chi connectivity index (χ3v) is 2.32. The molecule has 0 spiro atoms. The fourth-order valence-electron chi connectivity index (χ4n) is 1.48. The number of aromatic carboxylic acids is 1. The summed E-state index contributed by atoms with van der Waals surface area (Å²) in [5.41, 5.74) is -1.08. The Bertz CT molecular complexity index is 715. The Kier molecular flexibility index (Phi) is 5.77. The second kappa shape index (κ2) is 7.11. The van der Waals surface area contributed by atoms with E-state index >= 15 is 0 Å². The zero-order valence-corrected chi connectivity index (χ0v) is 13.2. The number of carbonyl (C=O) groups is 1. The number of hydrogen-bond acceptors (Lipinski definition) is 7. The fourth-order valence-corrected chi connectivity index (χ4v) is 1.48. The Labute approximate surface area is 140 Å². The van der Waals surface area contributed by atoms with Crippen molar-refractivity contribution in [1.29, 1.82) is 0 Å². The summed E-state index contributed by atoms with van der Waals surface area (Å²) in [6.45, 7) is 0. The minimum absolute atomic E-state index is 0. The number of nitrogens with zero attached hydrogens (tertiary/aromatic N) is 1. The Hall–Kier alpha value is -2.03. The number of hydrogen-bond donors (Lipinski definition) is 2. The van der Waals surface area contributed by atoms with Gasteiger partial charge in [0.2, 0.25) is 5.88 Å². The molecular weight excluding hydrogens is 291 g/mol. The average molecular weight is 300 g/mol. The van der Waals surface area contributed by atoms with Gasteiger partial charge in [-0.2, -0.15) is 4.98 Å². The monoisotopic (exact) mass is 300 g/mol. The van der Waals surface area contributed by atoms with Crippen LogP contribution in [0.25, 0.3) is 0 Å². The van der Waals surface area contributed by atoms with E-state index in [0.29, 0.717) is 0 Å². The van der Waals surface area contributed by atoms with E-state index in [1.54, 1.807) is 0 Å². The third-order valence-electron chi connectivity index (χ3n) is 2.32. The van der Waals surface area contributed by atoms with Gasteiger partial charge < -0.3 is 24.5 Å². The van der Waals surface area contributed by atoms with Crippen LogP contribution in [0.3, 0.4) is 0 Å². The van der Waals surface area contributed by atoms with Crippen molar-refractivity contribution >= 4 is 5.97 Å². The molecule has 0 aliphatic heterocycles. The van der Waals surface area contributed by atoms with Crippen LogP contribution in [0.4, 0.5) is 0 Å². The first-order valence-electron chi connectivity index (χ1n) is 5.38. The molecule has 1 heterocycles. The van der Waals surface area contributed by atoms with Gasteiger partial charge in [-0.25, -0.2) is 0 Å². The number of aromatic amines is 1. The van der Waals surface area contributed by atoms with E-state index in [2.05, 4.69) is 9.97 Å². The molecule has 0 aliphatic carbocycles. The van der Waals surface area contributed by atoms with Crippen molar-refractivity contribution in [2.75, 3.05) is 7.11 Å². The molecule has 2 rings (SSSR count). The van der Waals surface area contributed by atoms with Gasteiger partial charge in [-0.15, -0.1) is 0 Å². The smallest absolute Gasteiger partial charge is 0.545 e. The molecule has 0 aliphatic rings. The second-order valence-corrected chi connectivity index (χ2v) is 3.63. The van der Waals surface area contributed by atoms with Crippen molar-refractivity contribution in [1.82, 2.24) is 9.97 Å². The standard InChI is InChI=1S/C12H10N2O6.Na/c1-19-9-5-8(16)13-12(14-9)20-7-4-2-3-6(15)10(7)11(17)18;/h2-5,15H,1H3,(H,17,18)(H,13,14,16);/q;+1/p-1. The maximum absolute atomic E-state index is 11.3. The van der Waals surface area contributed by atoms with Crippen molar-refractivity contribution < 1.29 is 54.0 Å². The van der Waals surface area contributed by atoms with E-state index < -0.39 is 22.8 Å². The number of benzene rings is 1. The number of ether oxygens (including phenoxy) is 2. The van der Waals surface area contributed by atoms with Crippen molar-refractivity contribution in [2.45, 2.75) is 0 Å². The number of carboxylic acids is 1. The van der Waals surface area contributed by atoms with Gasteiger partial charge in [-0.3, -0.25) is 9.78 Å². The summed E-state index contributed by atoms with van der Waals surface area (Å²) in [7, 11) is 1.31. The molecule has 104 valence electrons. The van der Waals surface area contributed by atoms with Crippen LogP contribution in [-0.4, -0.2) is 28.2 Å². The molecule has 2 aromatic rings. The van der Waals surface area contributed by atoms with E-state index in [1.165, 1.54) is 25.3 Å². The van der Waals surface area contributed by atoms with Crippen molar-refractivity contribution in [2.24, 2.45) is 0 Å². The van der Waals surface area contributed by atoms with Crippen molar-refractivity contribution in [3.8, 4) is 23.4 Å². The first kappa shape index (κ1) is 17.0. The fraction of sp³-hybridized carbons (Fsp3) is 0.0833. The van der Waals surface area contributed by atoms with Crippen LogP contribution in [0, 0.1) is 0 Å². The number of nitrogens with one attached hydrogen (secondary N) is 1. The largest absolute Gasteiger partial charge is 1.00 e. The number of carbonyl (C=O) groups excluding carboxylic acids is 1. The maximum Gasteiger partial charge on any atom is 1.00 e. The number of methoxy groups -OCH3 is 1. The van der Waals surface area contributed by atoms with Crippen LogP contribution in [-0.2, 0) is 0 Å². The van der Waals surface area contributed by atoms with Crippen LogP contribution >= 0.6 is 0 Å². The van der Waals surface area contributed by atoms with Gasteiger partial charge in [0.15, 0.2) is 0 Å². The van der Waals surface area contributed by atoms with Gasteiger partial charge in [0.1, 0.15) is 11.5 Å². The topological polar surface area (TPSA) is 125 Å². The molecule has 1 aromatic heterocycles. The summed E-state index contributed by atoms with van der Waals surface area (Å²) >= 11 is 0. The summed E-state index contributed by atoms with van der Waals surface area (Å²) in [5, 5.41) is 20.4. The molecule has 2 N–H and O–H groups in total. The zero-order valence-electron chi connectivity index (χ0n) is 11.2. The first-order valence-corrected chi connectivity index (χ1v) is 5.38. The Morgan fingerprint density at radius 1 is 1.43 bits per heavy atom. The molecule has 0 fully saturated rings. The molecule has 0 saturated carbocycles. The Balaban J connectivity index is 0.00000220. The molecule has 1 aromatic carbocycles. The minimum atomic E-state index is -1.62. The number of aromatic hydroxyl groups is 1. The van der Waals surface area contributed by atoms with Crippen LogP contribution in [0.1, 0.15) is 10.4 Å². The quantitative estimate of drug-likeness (QED) is 0.565. The van der Waals surface area contributed by atoms with E-state index in [-0.39, 0.29) is 47.2 Å². The Morgan fingerprint density at radius 2 is 2.14 bits per heavy atom. The SMILES string of the molecule is COc1cc(=O)[nH]c(Oc2cccc(O)c2C(=O)[O-])n1.[Na+]. The zero-order chi connectivity index (χ0) is 14.7. The van der Waals surface area contributed by atoms with Gasteiger partial charge in [-0.1, -0.05) is 6.07 Å². The number of H-pyrrole nitrogens is 1. The van der Waals surface area contributed by atoms with Crippen LogP contribution < -0.4 is 49.7 Å². The summed E-state index contributed by atoms with van der Waals surface area (Å²) in [6.07, 6.45) is 0. The van der Waals surface area contributed by atoms with Crippen LogP contribution in [0.2, 0.25) is 0 Å². The van der Waals surface area contributed by atoms with E-state index in [9.17, 15) is 19.8 Å². The molecule has 0 atom stereocenters. The second-order valence-electron chi connectivity index (χ2n) is 3.63. The molecule has 0 saturated heterocycles. The summed E-state index contributed by atoms with van der Waals surface area (Å²) in [5.74, 6) is -2.36. The molecule has 0 unspecified atom stereocenters. The summed E-state index contributed by atoms with van der Waals surface area (Å²) in [6, 6.07) is 4.64. The van der Waals surface area contributed by atoms with Gasteiger partial charge >= 0.3 is 35.6 Å². The van der Waals surface area contributed by atoms with E-state index in [4.69, 9.17) is 9.47 Å². The maximum atomic E-state index is 11.3. The molecular formula is C12H9N2NaO6. The predicted octanol–water partition coefficient (Wildman–Crippen LogP) is -3.36. The van der Waals surface area contributed by atoms with Gasteiger partial charge in [0.25, 0.3) is 5.56 Å². The molecule has 8 nitrogen and oxygen atoms in total. The third kappa shape index (κ3) is 3.97. The Morgan fingerprint density at radius 3 is 2.76 bits per heavy atom. The number of rotatable bonds is 4. The molecule has 0 amide bonds. The predicted molar refractivity (Wildman–Crippen MR) is 63.9 cm³/mol. The number of carboxylic acid groups (broad SMARTS) is 1. The molecule has 9 heteroatoms. The van der Waals surface area contributed by atoms with Crippen LogP contribution in [0.5, 0.6) is 23.4 Å². The molecule has 0 bridgehead atoms. The first-order chi connectivity index (χ1) is 9.51. The molecule has 0 radical (unpaired) electrons. The average Bonchev–Trinajstić information content (AvgIpc) is 2.37. The van der Waals surface area contributed by atoms with Gasteiger partial charge in [0.05, 0.1) is 24.7 Å². The number of phenols is 1. The van der Waals surface area contributed by atoms with Crippen LogP contribution in [0.15, 0.2) is 29.1 Å². The van der Waals surface area contributed by atoms with Crippen molar-refractivity contribution in [3.05, 3.63) is 40.2 Å². The summed E-state index contributed by atoms with van der Waals surface area (Å²) < 4.78 is 9.93.